The van der Waals surface area contributed by atoms with Crippen molar-refractivity contribution < 1.29 is 14.0 Å². The molecule has 0 bridgehead atoms. The molecule has 0 aromatic heterocycles. The second-order valence-electron chi connectivity index (χ2n) is 7.91. The standard InChI is InChI=1S/C27H25FN2O2/c1-3-29(17-20-7-5-4-6-8-20)25-24(22-13-9-19(2)10-14-22)26(31)30(27(25)32)18-21-11-15-23(28)16-12-21/h4-16H,3,17-18H2,1-2H3. The molecule has 0 spiro atoms. The molecule has 5 heteroatoms. The lowest BCUT2D eigenvalue weighted by molar-refractivity contribution is -0.138. The number of halogens is 1. The molecular weight excluding hydrogens is 403 g/mol. The number of hydrogen-bond donors (Lipinski definition) is 0. The van der Waals surface area contributed by atoms with Crippen LogP contribution < -0.4 is 0 Å². The molecule has 3 aromatic rings. The summed E-state index contributed by atoms with van der Waals surface area (Å²) in [5, 5.41) is 0. The zero-order valence-electron chi connectivity index (χ0n) is 18.2. The maximum absolute atomic E-state index is 13.6. The normalized spacial score (nSPS) is 13.8. The van der Waals surface area contributed by atoms with E-state index in [-0.39, 0.29) is 24.2 Å². The van der Waals surface area contributed by atoms with Crippen LogP contribution in [0.5, 0.6) is 0 Å². The number of imide groups is 1. The monoisotopic (exact) mass is 428 g/mol. The van der Waals surface area contributed by atoms with Crippen LogP contribution in [0.1, 0.15) is 29.2 Å². The van der Waals surface area contributed by atoms with Gasteiger partial charge in [-0.2, -0.15) is 0 Å². The van der Waals surface area contributed by atoms with E-state index in [1.807, 2.05) is 73.3 Å². The van der Waals surface area contributed by atoms with Gasteiger partial charge in [0.2, 0.25) is 0 Å². The van der Waals surface area contributed by atoms with E-state index < -0.39 is 0 Å². The molecule has 0 fully saturated rings. The second-order valence-corrected chi connectivity index (χ2v) is 7.91. The van der Waals surface area contributed by atoms with Gasteiger partial charge in [-0.15, -0.1) is 0 Å². The summed E-state index contributed by atoms with van der Waals surface area (Å²) in [5.74, 6) is -1.01. The Morgan fingerprint density at radius 2 is 1.47 bits per heavy atom. The van der Waals surface area contributed by atoms with Gasteiger partial charge >= 0.3 is 0 Å². The van der Waals surface area contributed by atoms with Gasteiger partial charge in [0.1, 0.15) is 11.5 Å². The van der Waals surface area contributed by atoms with E-state index in [1.165, 1.54) is 17.0 Å². The molecule has 4 nitrogen and oxygen atoms in total. The summed E-state index contributed by atoms with van der Waals surface area (Å²) in [6.07, 6.45) is 0. The van der Waals surface area contributed by atoms with Crippen LogP contribution in [0, 0.1) is 12.7 Å². The first-order valence-electron chi connectivity index (χ1n) is 10.7. The second kappa shape index (κ2) is 9.18. The van der Waals surface area contributed by atoms with Crippen LogP contribution in [0.15, 0.2) is 84.6 Å². The number of aryl methyl sites for hydroxylation is 1. The number of rotatable bonds is 7. The first-order valence-corrected chi connectivity index (χ1v) is 10.7. The molecule has 32 heavy (non-hydrogen) atoms. The zero-order chi connectivity index (χ0) is 22.7. The van der Waals surface area contributed by atoms with E-state index >= 15 is 0 Å². The van der Waals surface area contributed by atoms with Gasteiger partial charge in [-0.1, -0.05) is 72.3 Å². The molecule has 4 rings (SSSR count). The minimum Gasteiger partial charge on any atom is -0.362 e. The number of amides is 2. The minimum atomic E-state index is -0.355. The summed E-state index contributed by atoms with van der Waals surface area (Å²) in [6, 6.07) is 23.4. The van der Waals surface area contributed by atoms with Crippen LogP contribution in [0.3, 0.4) is 0 Å². The molecule has 162 valence electrons. The third-order valence-electron chi connectivity index (χ3n) is 5.65. The highest BCUT2D eigenvalue weighted by Crippen LogP contribution is 2.33. The number of benzene rings is 3. The van der Waals surface area contributed by atoms with Crippen molar-refractivity contribution >= 4 is 17.4 Å². The fourth-order valence-electron chi connectivity index (χ4n) is 3.91. The third kappa shape index (κ3) is 4.33. The Kier molecular flexibility index (Phi) is 6.17. The number of carbonyl (C=O) groups excluding carboxylic acids is 2. The van der Waals surface area contributed by atoms with Crippen molar-refractivity contribution in [1.82, 2.24) is 9.80 Å². The molecule has 0 unspecified atom stereocenters. The van der Waals surface area contributed by atoms with Crippen LogP contribution in [-0.2, 0) is 22.7 Å². The molecule has 0 aliphatic carbocycles. The van der Waals surface area contributed by atoms with Gasteiger partial charge < -0.3 is 4.90 Å². The highest BCUT2D eigenvalue weighted by atomic mass is 19.1. The van der Waals surface area contributed by atoms with E-state index in [0.717, 1.165) is 16.7 Å². The average molecular weight is 429 g/mol. The van der Waals surface area contributed by atoms with Crippen molar-refractivity contribution in [2.75, 3.05) is 6.54 Å². The SMILES string of the molecule is CCN(Cc1ccccc1)C1=C(c2ccc(C)cc2)C(=O)N(Cc2ccc(F)cc2)C1=O. The molecule has 1 heterocycles. The summed E-state index contributed by atoms with van der Waals surface area (Å²) < 4.78 is 13.3. The van der Waals surface area contributed by atoms with Crippen LogP contribution in [0.4, 0.5) is 4.39 Å². The molecular formula is C27H25FN2O2. The lowest BCUT2D eigenvalue weighted by atomic mass is 10.0. The molecule has 0 atom stereocenters. The van der Waals surface area contributed by atoms with Crippen molar-refractivity contribution in [3.63, 3.8) is 0 Å². The van der Waals surface area contributed by atoms with Crippen molar-refractivity contribution in [3.8, 4) is 0 Å². The Hall–Kier alpha value is -3.73. The van der Waals surface area contributed by atoms with Gasteiger partial charge in [0.25, 0.3) is 11.8 Å². The summed E-state index contributed by atoms with van der Waals surface area (Å²) in [5.41, 5.74) is 4.37. The Morgan fingerprint density at radius 1 is 0.812 bits per heavy atom. The van der Waals surface area contributed by atoms with E-state index in [1.54, 1.807) is 12.1 Å². The van der Waals surface area contributed by atoms with Crippen molar-refractivity contribution in [1.29, 1.82) is 0 Å². The van der Waals surface area contributed by atoms with Gasteiger partial charge in [0.05, 0.1) is 12.1 Å². The molecule has 2 amide bonds. The smallest absolute Gasteiger partial charge is 0.278 e. The molecule has 0 saturated heterocycles. The van der Waals surface area contributed by atoms with Gasteiger partial charge in [-0.05, 0) is 42.7 Å². The van der Waals surface area contributed by atoms with Crippen molar-refractivity contribution in [3.05, 3.63) is 113 Å². The summed E-state index contributed by atoms with van der Waals surface area (Å²) in [4.78, 5) is 30.3. The topological polar surface area (TPSA) is 40.6 Å². The summed E-state index contributed by atoms with van der Waals surface area (Å²) in [7, 11) is 0. The van der Waals surface area contributed by atoms with Crippen molar-refractivity contribution in [2.24, 2.45) is 0 Å². The van der Waals surface area contributed by atoms with E-state index in [2.05, 4.69) is 0 Å². The van der Waals surface area contributed by atoms with E-state index in [9.17, 15) is 14.0 Å². The molecule has 3 aromatic carbocycles. The third-order valence-corrected chi connectivity index (χ3v) is 5.65. The summed E-state index contributed by atoms with van der Waals surface area (Å²) in [6.45, 7) is 5.15. The predicted molar refractivity (Wildman–Crippen MR) is 123 cm³/mol. The fourth-order valence-corrected chi connectivity index (χ4v) is 3.91. The maximum atomic E-state index is 13.6. The lowest BCUT2D eigenvalue weighted by Gasteiger charge is -2.25. The average Bonchev–Trinajstić information content (AvgIpc) is 3.05. The molecule has 0 radical (unpaired) electrons. The Labute approximate surface area is 187 Å². The van der Waals surface area contributed by atoms with Crippen LogP contribution >= 0.6 is 0 Å². The minimum absolute atomic E-state index is 0.0969. The quantitative estimate of drug-likeness (QED) is 0.501. The predicted octanol–water partition coefficient (Wildman–Crippen LogP) is 4.94. The number of carbonyl (C=O) groups is 2. The molecule has 0 N–H and O–H groups in total. The van der Waals surface area contributed by atoms with Crippen LogP contribution in [0.25, 0.3) is 5.57 Å². The summed E-state index contributed by atoms with van der Waals surface area (Å²) >= 11 is 0. The largest absolute Gasteiger partial charge is 0.362 e. The van der Waals surface area contributed by atoms with Gasteiger partial charge in [-0.25, -0.2) is 4.39 Å². The first kappa shape index (κ1) is 21.5. The highest BCUT2D eigenvalue weighted by Gasteiger charge is 2.41. The molecule has 1 aliphatic rings. The Morgan fingerprint density at radius 3 is 2.09 bits per heavy atom. The van der Waals surface area contributed by atoms with Gasteiger partial charge in [-0.3, -0.25) is 14.5 Å². The maximum Gasteiger partial charge on any atom is 0.278 e. The first-order chi connectivity index (χ1) is 15.5. The van der Waals surface area contributed by atoms with Crippen LogP contribution in [0.2, 0.25) is 0 Å². The fraction of sp³-hybridized carbons (Fsp3) is 0.185. The Bertz CT molecular complexity index is 1150. The number of nitrogens with zero attached hydrogens (tertiary/aromatic N) is 2. The lowest BCUT2D eigenvalue weighted by Crippen LogP contribution is -2.34. The van der Waals surface area contributed by atoms with E-state index in [0.29, 0.717) is 29.9 Å². The Balaban J connectivity index is 1.75. The number of likely N-dealkylation sites (N-methyl/N-ethyl adjacent to an activating group) is 1. The van der Waals surface area contributed by atoms with Gasteiger partial charge in [0, 0.05) is 13.1 Å². The van der Waals surface area contributed by atoms with Crippen molar-refractivity contribution in [2.45, 2.75) is 26.9 Å². The van der Waals surface area contributed by atoms with E-state index in [4.69, 9.17) is 0 Å². The number of hydrogen-bond acceptors (Lipinski definition) is 3. The highest BCUT2D eigenvalue weighted by molar-refractivity contribution is 6.35. The zero-order valence-corrected chi connectivity index (χ0v) is 18.2. The van der Waals surface area contributed by atoms with Crippen LogP contribution in [-0.4, -0.2) is 28.2 Å². The molecule has 0 saturated carbocycles. The van der Waals surface area contributed by atoms with Gasteiger partial charge in [0.15, 0.2) is 0 Å². The molecule has 1 aliphatic heterocycles.